The van der Waals surface area contributed by atoms with Crippen molar-refractivity contribution >= 4 is 17.6 Å². The highest BCUT2D eigenvalue weighted by molar-refractivity contribution is 5.98. The summed E-state index contributed by atoms with van der Waals surface area (Å²) in [6, 6.07) is 2.46. The van der Waals surface area contributed by atoms with Gasteiger partial charge in [-0.15, -0.1) is 0 Å². The van der Waals surface area contributed by atoms with Crippen LogP contribution >= 0.6 is 0 Å². The fourth-order valence-corrected chi connectivity index (χ4v) is 1.49. The lowest BCUT2D eigenvalue weighted by atomic mass is 10.1. The van der Waals surface area contributed by atoms with Gasteiger partial charge < -0.3 is 15.5 Å². The van der Waals surface area contributed by atoms with Gasteiger partial charge in [0, 0.05) is 17.2 Å². The van der Waals surface area contributed by atoms with Gasteiger partial charge in [-0.1, -0.05) is 6.07 Å². The average Bonchev–Trinajstić information content (AvgIpc) is 2.35. The molecule has 0 saturated carbocycles. The number of nitrogens with one attached hydrogen (secondary N) is 1. The molecule has 0 radical (unpaired) electrons. The van der Waals surface area contributed by atoms with Gasteiger partial charge in [-0.3, -0.25) is 14.9 Å². The minimum atomic E-state index is -1.45. The molecule has 0 aliphatic rings. The molecule has 1 amide bonds. The molecule has 0 aliphatic heterocycles. The van der Waals surface area contributed by atoms with Crippen molar-refractivity contribution < 1.29 is 24.7 Å². The molecule has 1 aromatic carbocycles. The zero-order valence-corrected chi connectivity index (χ0v) is 9.99. The number of nitrogens with zero attached hydrogens (tertiary/aromatic N) is 1. The van der Waals surface area contributed by atoms with Crippen LogP contribution in [0, 0.1) is 17.0 Å². The van der Waals surface area contributed by atoms with Crippen LogP contribution in [0.3, 0.4) is 0 Å². The van der Waals surface area contributed by atoms with E-state index in [1.807, 2.05) is 0 Å². The molecular weight excluding hydrogens is 256 g/mol. The Kier molecular flexibility index (Phi) is 4.54. The van der Waals surface area contributed by atoms with Gasteiger partial charge in [0.05, 0.1) is 11.5 Å². The van der Waals surface area contributed by atoms with Gasteiger partial charge in [0.2, 0.25) is 0 Å². The van der Waals surface area contributed by atoms with E-state index >= 15 is 0 Å². The van der Waals surface area contributed by atoms with Crippen molar-refractivity contribution in [2.45, 2.75) is 13.0 Å². The maximum absolute atomic E-state index is 11.8. The number of carbonyl (C=O) groups excluding carboxylic acids is 1. The number of hydrogen-bond acceptors (Lipinski definition) is 5. The topological polar surface area (TPSA) is 130 Å². The van der Waals surface area contributed by atoms with Gasteiger partial charge in [0.25, 0.3) is 11.6 Å². The summed E-state index contributed by atoms with van der Waals surface area (Å²) in [4.78, 5) is 32.6. The first-order valence-corrected chi connectivity index (χ1v) is 5.27. The Balaban J connectivity index is 3.04. The van der Waals surface area contributed by atoms with E-state index in [4.69, 9.17) is 10.2 Å². The summed E-state index contributed by atoms with van der Waals surface area (Å²) in [5, 5.41) is 30.3. The molecule has 19 heavy (non-hydrogen) atoms. The van der Waals surface area contributed by atoms with Crippen LogP contribution in [0.4, 0.5) is 5.69 Å². The highest BCUT2D eigenvalue weighted by Crippen LogP contribution is 2.20. The Morgan fingerprint density at radius 3 is 2.58 bits per heavy atom. The summed E-state index contributed by atoms with van der Waals surface area (Å²) in [6.45, 7) is 0.622. The van der Waals surface area contributed by atoms with E-state index in [0.717, 1.165) is 0 Å². The molecule has 0 bridgehead atoms. The van der Waals surface area contributed by atoms with E-state index < -0.39 is 29.4 Å². The van der Waals surface area contributed by atoms with Crippen LogP contribution in [-0.2, 0) is 4.79 Å². The number of carboxylic acids is 1. The van der Waals surface area contributed by atoms with E-state index in [1.165, 1.54) is 25.1 Å². The summed E-state index contributed by atoms with van der Waals surface area (Å²) in [5.74, 6) is -2.18. The molecule has 8 heteroatoms. The van der Waals surface area contributed by atoms with Crippen LogP contribution in [-0.4, -0.2) is 39.7 Å². The lowest BCUT2D eigenvalue weighted by Gasteiger charge is -2.12. The Morgan fingerprint density at radius 1 is 1.47 bits per heavy atom. The van der Waals surface area contributed by atoms with Crippen LogP contribution in [0.5, 0.6) is 0 Å². The van der Waals surface area contributed by atoms with Crippen molar-refractivity contribution in [2.24, 2.45) is 0 Å². The van der Waals surface area contributed by atoms with Crippen molar-refractivity contribution in [2.75, 3.05) is 6.61 Å². The third kappa shape index (κ3) is 3.26. The molecule has 0 aromatic heterocycles. The van der Waals surface area contributed by atoms with Crippen LogP contribution < -0.4 is 5.32 Å². The Bertz CT molecular complexity index is 528. The highest BCUT2D eigenvalue weighted by atomic mass is 16.6. The van der Waals surface area contributed by atoms with Crippen molar-refractivity contribution in [1.29, 1.82) is 0 Å². The summed E-state index contributed by atoms with van der Waals surface area (Å²) in [5.41, 5.74) is -0.107. The maximum atomic E-state index is 11.8. The molecule has 1 rings (SSSR count). The van der Waals surface area contributed by atoms with Crippen LogP contribution in [0.15, 0.2) is 18.2 Å². The fourth-order valence-electron chi connectivity index (χ4n) is 1.49. The van der Waals surface area contributed by atoms with Gasteiger partial charge in [-0.05, 0) is 13.0 Å². The number of nitro groups is 1. The predicted octanol–water partition coefficient (Wildman–Crippen LogP) is 0.0785. The van der Waals surface area contributed by atoms with Gasteiger partial charge in [0.15, 0.2) is 6.04 Å². The van der Waals surface area contributed by atoms with E-state index in [2.05, 4.69) is 5.32 Å². The van der Waals surface area contributed by atoms with Crippen LogP contribution in [0.2, 0.25) is 0 Å². The second-order valence-corrected chi connectivity index (χ2v) is 3.75. The molecule has 0 heterocycles. The number of benzene rings is 1. The minimum absolute atomic E-state index is 0.00565. The van der Waals surface area contributed by atoms with Crippen molar-refractivity contribution in [3.8, 4) is 0 Å². The lowest BCUT2D eigenvalue weighted by molar-refractivity contribution is -0.385. The molecule has 0 saturated heterocycles. The monoisotopic (exact) mass is 268 g/mol. The Morgan fingerprint density at radius 2 is 2.11 bits per heavy atom. The zero-order chi connectivity index (χ0) is 14.6. The van der Waals surface area contributed by atoms with Crippen LogP contribution in [0.1, 0.15) is 15.9 Å². The number of nitro benzene ring substituents is 1. The summed E-state index contributed by atoms with van der Waals surface area (Å²) >= 11 is 0. The van der Waals surface area contributed by atoms with Gasteiger partial charge in [-0.25, -0.2) is 4.79 Å². The highest BCUT2D eigenvalue weighted by Gasteiger charge is 2.23. The second-order valence-electron chi connectivity index (χ2n) is 3.75. The molecule has 0 unspecified atom stereocenters. The summed E-state index contributed by atoms with van der Waals surface area (Å²) < 4.78 is 0. The van der Waals surface area contributed by atoms with Crippen molar-refractivity contribution in [3.05, 3.63) is 39.4 Å². The van der Waals surface area contributed by atoms with E-state index in [0.29, 0.717) is 0 Å². The maximum Gasteiger partial charge on any atom is 0.328 e. The molecule has 0 aliphatic carbocycles. The number of carbonyl (C=O) groups is 2. The smallest absolute Gasteiger partial charge is 0.328 e. The molecular formula is C11H12N2O6. The summed E-state index contributed by atoms with van der Waals surface area (Å²) in [6.07, 6.45) is 0. The standard InChI is InChI=1S/C11H12N2O6/c1-6-7(3-2-4-9(6)13(18)19)10(15)12-8(5-14)11(16)17/h2-4,8,14H,5H2,1H3,(H,12,15)(H,16,17)/t8-/m1/s1. The molecule has 1 aromatic rings. The molecule has 0 fully saturated rings. The predicted molar refractivity (Wildman–Crippen MR) is 63.8 cm³/mol. The van der Waals surface area contributed by atoms with Gasteiger partial charge in [-0.2, -0.15) is 0 Å². The average molecular weight is 268 g/mol. The largest absolute Gasteiger partial charge is 0.480 e. The van der Waals surface area contributed by atoms with Gasteiger partial charge >= 0.3 is 5.97 Å². The minimum Gasteiger partial charge on any atom is -0.480 e. The van der Waals surface area contributed by atoms with E-state index in [-0.39, 0.29) is 16.8 Å². The normalized spacial score (nSPS) is 11.7. The quantitative estimate of drug-likeness (QED) is 0.512. The van der Waals surface area contributed by atoms with E-state index in [9.17, 15) is 19.7 Å². The molecule has 0 spiro atoms. The van der Waals surface area contributed by atoms with Crippen molar-refractivity contribution in [3.63, 3.8) is 0 Å². The van der Waals surface area contributed by atoms with Gasteiger partial charge in [0.1, 0.15) is 0 Å². The molecule has 102 valence electrons. The Hall–Kier alpha value is -2.48. The first-order valence-electron chi connectivity index (χ1n) is 5.27. The number of rotatable bonds is 5. The van der Waals surface area contributed by atoms with Crippen molar-refractivity contribution in [1.82, 2.24) is 5.32 Å². The second kappa shape index (κ2) is 5.91. The number of aliphatic hydroxyl groups is 1. The summed E-state index contributed by atoms with van der Waals surface area (Å²) in [7, 11) is 0. The molecule has 3 N–H and O–H groups in total. The fraction of sp³-hybridized carbons (Fsp3) is 0.273. The SMILES string of the molecule is Cc1c(C(=O)N[C@H](CO)C(=O)O)cccc1[N+](=O)[O-]. The number of carboxylic acid groups (broad SMARTS) is 1. The number of aliphatic carboxylic acids is 1. The third-order valence-electron chi connectivity index (χ3n) is 2.53. The number of aliphatic hydroxyl groups excluding tert-OH is 1. The number of hydrogen-bond donors (Lipinski definition) is 3. The lowest BCUT2D eigenvalue weighted by Crippen LogP contribution is -2.43. The molecule has 1 atom stereocenters. The zero-order valence-electron chi connectivity index (χ0n) is 9.99. The number of amides is 1. The third-order valence-corrected chi connectivity index (χ3v) is 2.53. The first-order chi connectivity index (χ1) is 8.88. The Labute approximate surface area is 107 Å². The first kappa shape index (κ1) is 14.6. The van der Waals surface area contributed by atoms with Crippen LogP contribution in [0.25, 0.3) is 0 Å². The van der Waals surface area contributed by atoms with E-state index in [1.54, 1.807) is 0 Å². The molecule has 8 nitrogen and oxygen atoms in total.